The molecule has 0 aliphatic heterocycles. The van der Waals surface area contributed by atoms with Crippen molar-refractivity contribution < 1.29 is 0 Å². The van der Waals surface area contributed by atoms with E-state index in [1.165, 1.54) is 11.8 Å². The summed E-state index contributed by atoms with van der Waals surface area (Å²) in [6.07, 6.45) is 8.61. The minimum atomic E-state index is 0.842. The van der Waals surface area contributed by atoms with E-state index in [1.54, 1.807) is 31.0 Å². The zero-order chi connectivity index (χ0) is 12.4. The zero-order valence-corrected chi connectivity index (χ0v) is 11.5. The first kappa shape index (κ1) is 11.6. The molecule has 3 aromatic rings. The van der Waals surface area contributed by atoms with Gasteiger partial charge in [0.15, 0.2) is 0 Å². The van der Waals surface area contributed by atoms with E-state index in [4.69, 9.17) is 0 Å². The fourth-order valence-electron chi connectivity index (χ4n) is 1.51. The molecule has 3 rings (SSSR count). The topological polar surface area (TPSA) is 51.6 Å². The molecule has 4 nitrogen and oxygen atoms in total. The number of hydrogen-bond donors (Lipinski definition) is 0. The highest BCUT2D eigenvalue weighted by molar-refractivity contribution is 9.10. The van der Waals surface area contributed by atoms with Crippen molar-refractivity contribution in [1.82, 2.24) is 19.9 Å². The van der Waals surface area contributed by atoms with Crippen molar-refractivity contribution in [2.24, 2.45) is 0 Å². The molecule has 0 saturated carbocycles. The molecule has 0 atom stereocenters. The Bertz CT molecular complexity index is 690. The first-order chi connectivity index (χ1) is 8.83. The number of hydrogen-bond acceptors (Lipinski definition) is 5. The summed E-state index contributed by atoms with van der Waals surface area (Å²) in [6.45, 7) is 0. The Hall–Kier alpha value is -1.53. The Kier molecular flexibility index (Phi) is 3.21. The summed E-state index contributed by atoms with van der Waals surface area (Å²) in [5.41, 5.74) is 1.73. The van der Waals surface area contributed by atoms with Crippen molar-refractivity contribution in [2.45, 2.75) is 9.92 Å². The van der Waals surface area contributed by atoms with Crippen LogP contribution < -0.4 is 0 Å². The third kappa shape index (κ3) is 2.34. The predicted octanol–water partition coefficient (Wildman–Crippen LogP) is 3.33. The van der Waals surface area contributed by atoms with Gasteiger partial charge in [0.05, 0.1) is 11.7 Å². The monoisotopic (exact) mass is 318 g/mol. The summed E-state index contributed by atoms with van der Waals surface area (Å²) in [7, 11) is 0. The van der Waals surface area contributed by atoms with Crippen molar-refractivity contribution in [3.63, 3.8) is 0 Å². The van der Waals surface area contributed by atoms with Crippen LogP contribution in [-0.2, 0) is 0 Å². The van der Waals surface area contributed by atoms with Crippen LogP contribution in [0.15, 0.2) is 57.5 Å². The van der Waals surface area contributed by atoms with Crippen LogP contribution in [0.3, 0.4) is 0 Å². The minimum absolute atomic E-state index is 0.842. The van der Waals surface area contributed by atoms with Crippen LogP contribution in [0.4, 0.5) is 0 Å². The fourth-order valence-corrected chi connectivity index (χ4v) is 2.67. The standard InChI is InChI=1S/C12H7BrN4S/c13-8-5-9-12(17-6-8)10(1-2-15-9)18-11-7-14-3-4-16-11/h1-7H. The second kappa shape index (κ2) is 4.99. The first-order valence-electron chi connectivity index (χ1n) is 5.17. The molecule has 3 aromatic heterocycles. The average molecular weight is 319 g/mol. The van der Waals surface area contributed by atoms with Crippen LogP contribution in [0.25, 0.3) is 11.0 Å². The molecule has 0 fully saturated rings. The molecule has 3 heterocycles. The molecule has 0 aliphatic rings. The van der Waals surface area contributed by atoms with Gasteiger partial charge in [-0.1, -0.05) is 11.8 Å². The minimum Gasteiger partial charge on any atom is -0.260 e. The second-order valence-electron chi connectivity index (χ2n) is 3.48. The molecular formula is C12H7BrN4S. The van der Waals surface area contributed by atoms with Gasteiger partial charge in [0, 0.05) is 34.2 Å². The van der Waals surface area contributed by atoms with Crippen LogP contribution in [0.5, 0.6) is 0 Å². The van der Waals surface area contributed by atoms with Gasteiger partial charge < -0.3 is 0 Å². The maximum Gasteiger partial charge on any atom is 0.119 e. The second-order valence-corrected chi connectivity index (χ2v) is 5.45. The van der Waals surface area contributed by atoms with Gasteiger partial charge in [0.1, 0.15) is 10.5 Å². The number of aromatic nitrogens is 4. The van der Waals surface area contributed by atoms with Crippen LogP contribution in [0.1, 0.15) is 0 Å². The molecule has 0 N–H and O–H groups in total. The number of rotatable bonds is 2. The van der Waals surface area contributed by atoms with E-state index in [0.29, 0.717) is 0 Å². The Morgan fingerprint density at radius 2 is 1.94 bits per heavy atom. The van der Waals surface area contributed by atoms with E-state index in [-0.39, 0.29) is 0 Å². The molecule has 0 spiro atoms. The summed E-state index contributed by atoms with van der Waals surface area (Å²) in [4.78, 5) is 18.0. The molecule has 0 aliphatic carbocycles. The lowest BCUT2D eigenvalue weighted by molar-refractivity contribution is 1.05. The van der Waals surface area contributed by atoms with Gasteiger partial charge in [-0.25, -0.2) is 4.98 Å². The Morgan fingerprint density at radius 1 is 1.00 bits per heavy atom. The van der Waals surface area contributed by atoms with Crippen LogP contribution in [0.2, 0.25) is 0 Å². The largest absolute Gasteiger partial charge is 0.260 e. The maximum absolute atomic E-state index is 4.40. The quantitative estimate of drug-likeness (QED) is 0.725. The lowest BCUT2D eigenvalue weighted by Crippen LogP contribution is -1.87. The Labute approximate surface area is 116 Å². The molecule has 0 radical (unpaired) electrons. The molecular weight excluding hydrogens is 312 g/mol. The van der Waals surface area contributed by atoms with Crippen molar-refractivity contribution >= 4 is 38.7 Å². The van der Waals surface area contributed by atoms with Crippen molar-refractivity contribution in [3.05, 3.63) is 47.6 Å². The average Bonchev–Trinajstić information content (AvgIpc) is 2.40. The summed E-state index contributed by atoms with van der Waals surface area (Å²) in [6, 6.07) is 3.88. The third-order valence-electron chi connectivity index (χ3n) is 2.26. The van der Waals surface area contributed by atoms with E-state index in [0.717, 1.165) is 25.4 Å². The van der Waals surface area contributed by atoms with E-state index < -0.39 is 0 Å². The molecule has 0 aromatic carbocycles. The number of pyridine rings is 2. The van der Waals surface area contributed by atoms with Crippen LogP contribution in [-0.4, -0.2) is 19.9 Å². The van der Waals surface area contributed by atoms with Gasteiger partial charge in [-0.15, -0.1) is 0 Å². The first-order valence-corrected chi connectivity index (χ1v) is 6.78. The highest BCUT2D eigenvalue weighted by Gasteiger charge is 2.06. The van der Waals surface area contributed by atoms with Gasteiger partial charge in [0.2, 0.25) is 0 Å². The third-order valence-corrected chi connectivity index (χ3v) is 3.66. The number of halogens is 1. The molecule has 6 heteroatoms. The van der Waals surface area contributed by atoms with E-state index in [2.05, 4.69) is 35.9 Å². The maximum atomic E-state index is 4.40. The van der Waals surface area contributed by atoms with Gasteiger partial charge >= 0.3 is 0 Å². The fraction of sp³-hybridized carbons (Fsp3) is 0. The van der Waals surface area contributed by atoms with Crippen molar-refractivity contribution in [2.75, 3.05) is 0 Å². The number of fused-ring (bicyclic) bond motifs is 1. The lowest BCUT2D eigenvalue weighted by Gasteiger charge is -2.04. The SMILES string of the molecule is Brc1cnc2c(Sc3cnccn3)ccnc2c1. The molecule has 0 saturated heterocycles. The zero-order valence-electron chi connectivity index (χ0n) is 9.12. The Balaban J connectivity index is 2.07. The highest BCUT2D eigenvalue weighted by atomic mass is 79.9. The van der Waals surface area contributed by atoms with Crippen molar-refractivity contribution in [1.29, 1.82) is 0 Å². The van der Waals surface area contributed by atoms with E-state index in [9.17, 15) is 0 Å². The smallest absolute Gasteiger partial charge is 0.119 e. The molecule has 0 unspecified atom stereocenters. The Morgan fingerprint density at radius 3 is 2.78 bits per heavy atom. The van der Waals surface area contributed by atoms with Crippen molar-refractivity contribution in [3.8, 4) is 0 Å². The highest BCUT2D eigenvalue weighted by Crippen LogP contribution is 2.30. The van der Waals surface area contributed by atoms with Crippen LogP contribution in [0, 0.1) is 0 Å². The van der Waals surface area contributed by atoms with Gasteiger partial charge in [-0.2, -0.15) is 0 Å². The summed E-state index contributed by atoms with van der Waals surface area (Å²) in [5.74, 6) is 0. The molecule has 0 amide bonds. The summed E-state index contributed by atoms with van der Waals surface area (Å²) < 4.78 is 0.921. The summed E-state index contributed by atoms with van der Waals surface area (Å²) >= 11 is 4.92. The van der Waals surface area contributed by atoms with E-state index >= 15 is 0 Å². The molecule has 0 bridgehead atoms. The van der Waals surface area contributed by atoms with Gasteiger partial charge in [0.25, 0.3) is 0 Å². The molecule has 18 heavy (non-hydrogen) atoms. The predicted molar refractivity (Wildman–Crippen MR) is 73.4 cm³/mol. The normalized spacial score (nSPS) is 10.7. The van der Waals surface area contributed by atoms with Gasteiger partial charge in [-0.05, 0) is 28.1 Å². The number of nitrogens with zero attached hydrogens (tertiary/aromatic N) is 4. The van der Waals surface area contributed by atoms with Gasteiger partial charge in [-0.3, -0.25) is 15.0 Å². The van der Waals surface area contributed by atoms with E-state index in [1.807, 2.05) is 12.1 Å². The lowest BCUT2D eigenvalue weighted by atomic mass is 10.3. The molecule has 88 valence electrons. The summed E-state index contributed by atoms with van der Waals surface area (Å²) in [5, 5.41) is 0.842. The van der Waals surface area contributed by atoms with Crippen LogP contribution >= 0.6 is 27.7 Å².